The number of hydrogen-bond donors (Lipinski definition) is 1. The standard InChI is InChI=1S/C12H16BrN3O2/c1-18-9-4-2-8(3-5-9)15-12(17)10-6-14-7-11(13)16-10/h6-9H,2-5H2,1H3,(H,15,17). The highest BCUT2D eigenvalue weighted by molar-refractivity contribution is 9.10. The number of rotatable bonds is 3. The lowest BCUT2D eigenvalue weighted by Gasteiger charge is -2.28. The average molecular weight is 314 g/mol. The van der Waals surface area contributed by atoms with Crippen LogP contribution in [0.25, 0.3) is 0 Å². The van der Waals surface area contributed by atoms with Gasteiger partial charge in [0.2, 0.25) is 0 Å². The SMILES string of the molecule is COC1CCC(NC(=O)c2cncc(Br)n2)CC1. The van der Waals surface area contributed by atoms with Gasteiger partial charge in [0.15, 0.2) is 0 Å². The highest BCUT2D eigenvalue weighted by Crippen LogP contribution is 2.20. The van der Waals surface area contributed by atoms with Gasteiger partial charge in [-0.05, 0) is 41.6 Å². The van der Waals surface area contributed by atoms with E-state index in [1.807, 2.05) is 0 Å². The zero-order chi connectivity index (χ0) is 13.0. The monoisotopic (exact) mass is 313 g/mol. The molecule has 0 saturated heterocycles. The van der Waals surface area contributed by atoms with Gasteiger partial charge in [-0.3, -0.25) is 9.78 Å². The van der Waals surface area contributed by atoms with Crippen LogP contribution in [0.3, 0.4) is 0 Å². The third kappa shape index (κ3) is 3.49. The molecule has 1 heterocycles. The molecule has 0 bridgehead atoms. The second-order valence-corrected chi connectivity index (χ2v) is 5.22. The maximum Gasteiger partial charge on any atom is 0.271 e. The van der Waals surface area contributed by atoms with E-state index in [1.54, 1.807) is 13.3 Å². The van der Waals surface area contributed by atoms with Crippen molar-refractivity contribution in [3.05, 3.63) is 22.7 Å². The molecule has 6 heteroatoms. The topological polar surface area (TPSA) is 64.1 Å². The molecule has 18 heavy (non-hydrogen) atoms. The Morgan fingerprint density at radius 3 is 2.72 bits per heavy atom. The summed E-state index contributed by atoms with van der Waals surface area (Å²) in [6.07, 6.45) is 7.25. The van der Waals surface area contributed by atoms with Crippen molar-refractivity contribution in [1.82, 2.24) is 15.3 Å². The first-order valence-corrected chi connectivity index (χ1v) is 6.79. The van der Waals surface area contributed by atoms with Gasteiger partial charge in [-0.1, -0.05) is 0 Å². The van der Waals surface area contributed by atoms with Gasteiger partial charge in [0.1, 0.15) is 10.3 Å². The second-order valence-electron chi connectivity index (χ2n) is 4.41. The van der Waals surface area contributed by atoms with Gasteiger partial charge in [-0.15, -0.1) is 0 Å². The molecule has 1 fully saturated rings. The van der Waals surface area contributed by atoms with E-state index in [4.69, 9.17) is 4.74 Å². The second kappa shape index (κ2) is 6.24. The molecule has 1 aliphatic rings. The highest BCUT2D eigenvalue weighted by Gasteiger charge is 2.22. The van der Waals surface area contributed by atoms with E-state index in [-0.39, 0.29) is 11.9 Å². The molecule has 0 spiro atoms. The quantitative estimate of drug-likeness (QED) is 0.926. The van der Waals surface area contributed by atoms with Crippen molar-refractivity contribution < 1.29 is 9.53 Å². The van der Waals surface area contributed by atoms with Gasteiger partial charge in [0.05, 0.1) is 18.5 Å². The zero-order valence-electron chi connectivity index (χ0n) is 10.2. The molecular weight excluding hydrogens is 298 g/mol. The van der Waals surface area contributed by atoms with Gasteiger partial charge in [-0.25, -0.2) is 4.98 Å². The number of methoxy groups -OCH3 is 1. The minimum Gasteiger partial charge on any atom is -0.381 e. The fourth-order valence-electron chi connectivity index (χ4n) is 2.15. The Morgan fingerprint density at radius 2 is 2.11 bits per heavy atom. The Kier molecular flexibility index (Phi) is 4.66. The Morgan fingerprint density at radius 1 is 1.39 bits per heavy atom. The van der Waals surface area contributed by atoms with Crippen LogP contribution in [-0.4, -0.2) is 35.1 Å². The first-order valence-electron chi connectivity index (χ1n) is 6.00. The summed E-state index contributed by atoms with van der Waals surface area (Å²) in [7, 11) is 1.74. The van der Waals surface area contributed by atoms with Crippen molar-refractivity contribution in [1.29, 1.82) is 0 Å². The van der Waals surface area contributed by atoms with Crippen molar-refractivity contribution in [3.63, 3.8) is 0 Å². The lowest BCUT2D eigenvalue weighted by molar-refractivity contribution is 0.0598. The summed E-state index contributed by atoms with van der Waals surface area (Å²) in [5.41, 5.74) is 0.346. The molecule has 1 aromatic heterocycles. The zero-order valence-corrected chi connectivity index (χ0v) is 11.8. The van der Waals surface area contributed by atoms with Crippen LogP contribution in [0.2, 0.25) is 0 Å². The molecule has 1 saturated carbocycles. The Balaban J connectivity index is 1.89. The first-order chi connectivity index (χ1) is 8.69. The molecule has 0 aromatic carbocycles. The highest BCUT2D eigenvalue weighted by atomic mass is 79.9. The smallest absolute Gasteiger partial charge is 0.271 e. The van der Waals surface area contributed by atoms with E-state index in [2.05, 4.69) is 31.2 Å². The van der Waals surface area contributed by atoms with Crippen molar-refractivity contribution in [2.45, 2.75) is 37.8 Å². The number of carbonyl (C=O) groups is 1. The van der Waals surface area contributed by atoms with Gasteiger partial charge in [0.25, 0.3) is 5.91 Å². The predicted molar refractivity (Wildman–Crippen MR) is 70.3 cm³/mol. The Labute approximate surface area is 114 Å². The number of halogens is 1. The molecular formula is C12H16BrN3O2. The fraction of sp³-hybridized carbons (Fsp3) is 0.583. The van der Waals surface area contributed by atoms with Crippen LogP contribution >= 0.6 is 15.9 Å². The maximum absolute atomic E-state index is 12.0. The maximum atomic E-state index is 12.0. The fourth-order valence-corrected chi connectivity index (χ4v) is 2.46. The predicted octanol–water partition coefficient (Wildman–Crippen LogP) is 1.93. The van der Waals surface area contributed by atoms with Crippen molar-refractivity contribution >= 4 is 21.8 Å². The summed E-state index contributed by atoms with van der Waals surface area (Å²) < 4.78 is 5.87. The van der Waals surface area contributed by atoms with E-state index in [0.29, 0.717) is 16.4 Å². The average Bonchev–Trinajstić information content (AvgIpc) is 2.39. The molecule has 0 radical (unpaired) electrons. The normalized spacial score (nSPS) is 23.7. The van der Waals surface area contributed by atoms with Gasteiger partial charge in [-0.2, -0.15) is 0 Å². The van der Waals surface area contributed by atoms with Gasteiger partial charge < -0.3 is 10.1 Å². The molecule has 5 nitrogen and oxygen atoms in total. The minimum atomic E-state index is -0.162. The van der Waals surface area contributed by atoms with Gasteiger partial charge >= 0.3 is 0 Å². The number of ether oxygens (including phenoxy) is 1. The summed E-state index contributed by atoms with van der Waals surface area (Å²) in [6.45, 7) is 0. The van der Waals surface area contributed by atoms with E-state index in [0.717, 1.165) is 25.7 Å². The van der Waals surface area contributed by atoms with Crippen LogP contribution in [0.15, 0.2) is 17.0 Å². The number of aromatic nitrogens is 2. The molecule has 98 valence electrons. The number of amides is 1. The number of nitrogens with zero attached hydrogens (tertiary/aromatic N) is 2. The third-order valence-electron chi connectivity index (χ3n) is 3.18. The van der Waals surface area contributed by atoms with Crippen LogP contribution in [0.4, 0.5) is 0 Å². The molecule has 1 N–H and O–H groups in total. The molecule has 1 amide bonds. The molecule has 0 aliphatic heterocycles. The van der Waals surface area contributed by atoms with Gasteiger partial charge in [0, 0.05) is 13.2 Å². The van der Waals surface area contributed by atoms with Crippen LogP contribution < -0.4 is 5.32 Å². The Hall–Kier alpha value is -1.01. The summed E-state index contributed by atoms with van der Waals surface area (Å²) in [4.78, 5) is 20.0. The summed E-state index contributed by atoms with van der Waals surface area (Å²) >= 11 is 3.20. The van der Waals surface area contributed by atoms with E-state index in [1.165, 1.54) is 6.20 Å². The summed E-state index contributed by atoms with van der Waals surface area (Å²) in [6, 6.07) is 0.213. The largest absolute Gasteiger partial charge is 0.381 e. The molecule has 2 rings (SSSR count). The third-order valence-corrected chi connectivity index (χ3v) is 3.56. The van der Waals surface area contributed by atoms with E-state index < -0.39 is 0 Å². The van der Waals surface area contributed by atoms with Crippen LogP contribution in [-0.2, 0) is 4.74 Å². The van der Waals surface area contributed by atoms with Crippen molar-refractivity contribution in [2.75, 3.05) is 7.11 Å². The van der Waals surface area contributed by atoms with Crippen molar-refractivity contribution in [2.24, 2.45) is 0 Å². The number of carbonyl (C=O) groups excluding carboxylic acids is 1. The number of nitrogens with one attached hydrogen (secondary N) is 1. The molecule has 0 atom stereocenters. The molecule has 1 aromatic rings. The molecule has 0 unspecified atom stereocenters. The summed E-state index contributed by atoms with van der Waals surface area (Å²) in [5.74, 6) is -0.162. The number of hydrogen-bond acceptors (Lipinski definition) is 4. The minimum absolute atomic E-state index is 0.162. The van der Waals surface area contributed by atoms with E-state index in [9.17, 15) is 4.79 Å². The van der Waals surface area contributed by atoms with Crippen LogP contribution in [0.5, 0.6) is 0 Å². The van der Waals surface area contributed by atoms with E-state index >= 15 is 0 Å². The van der Waals surface area contributed by atoms with Crippen LogP contribution in [0, 0.1) is 0 Å². The lowest BCUT2D eigenvalue weighted by atomic mass is 9.93. The van der Waals surface area contributed by atoms with Crippen LogP contribution in [0.1, 0.15) is 36.2 Å². The summed E-state index contributed by atoms with van der Waals surface area (Å²) in [5, 5.41) is 2.99. The first kappa shape index (κ1) is 13.4. The Bertz CT molecular complexity index is 420. The lowest BCUT2D eigenvalue weighted by Crippen LogP contribution is -2.39. The van der Waals surface area contributed by atoms with Crippen molar-refractivity contribution in [3.8, 4) is 0 Å². The molecule has 1 aliphatic carbocycles.